The summed E-state index contributed by atoms with van der Waals surface area (Å²) in [7, 11) is 0. The largest absolute Gasteiger partial charge is 0.339 e. The molecule has 0 aromatic carbocycles. The van der Waals surface area contributed by atoms with Crippen molar-refractivity contribution in [1.82, 2.24) is 20.0 Å². The van der Waals surface area contributed by atoms with Gasteiger partial charge in [-0.15, -0.1) is 11.3 Å². The van der Waals surface area contributed by atoms with E-state index in [1.54, 1.807) is 17.5 Å². The van der Waals surface area contributed by atoms with E-state index in [-0.39, 0.29) is 0 Å². The van der Waals surface area contributed by atoms with Crippen molar-refractivity contribution in [3.63, 3.8) is 0 Å². The number of rotatable bonds is 4. The fourth-order valence-electron chi connectivity index (χ4n) is 2.51. The fraction of sp³-hybridized carbons (Fsp3) is 0.267. The van der Waals surface area contributed by atoms with Crippen LogP contribution in [0.15, 0.2) is 46.6 Å². The lowest BCUT2D eigenvalue weighted by atomic mass is 9.99. The van der Waals surface area contributed by atoms with Crippen molar-refractivity contribution in [2.24, 2.45) is 0 Å². The van der Waals surface area contributed by atoms with Crippen LogP contribution in [0.2, 0.25) is 0 Å². The van der Waals surface area contributed by atoms with E-state index in [0.29, 0.717) is 11.7 Å². The monoisotopic (exact) mass is 298 g/mol. The first kappa shape index (κ1) is 12.7. The lowest BCUT2D eigenvalue weighted by molar-refractivity contribution is 0.117. The molecular formula is C15H14N4OS. The topological polar surface area (TPSA) is 55.1 Å². The van der Waals surface area contributed by atoms with Crippen LogP contribution in [0.1, 0.15) is 17.4 Å². The van der Waals surface area contributed by atoms with E-state index in [0.717, 1.165) is 30.4 Å². The van der Waals surface area contributed by atoms with Gasteiger partial charge in [-0.25, -0.2) is 0 Å². The maximum atomic E-state index is 5.40. The number of hydrogen-bond acceptors (Lipinski definition) is 6. The summed E-state index contributed by atoms with van der Waals surface area (Å²) in [6.45, 7) is 2.85. The third-order valence-corrected chi connectivity index (χ3v) is 4.48. The lowest BCUT2D eigenvalue weighted by Gasteiger charge is -2.36. The molecule has 0 amide bonds. The third kappa shape index (κ3) is 2.59. The van der Waals surface area contributed by atoms with Gasteiger partial charge in [0.05, 0.1) is 10.8 Å². The molecule has 0 atom stereocenters. The Kier molecular flexibility index (Phi) is 3.25. The third-order valence-electron chi connectivity index (χ3n) is 3.62. The van der Waals surface area contributed by atoms with E-state index >= 15 is 0 Å². The Bertz CT molecular complexity index is 704. The van der Waals surface area contributed by atoms with E-state index in [9.17, 15) is 0 Å². The van der Waals surface area contributed by atoms with Crippen LogP contribution in [0.5, 0.6) is 0 Å². The van der Waals surface area contributed by atoms with Gasteiger partial charge in [-0.05, 0) is 23.1 Å². The molecule has 0 N–H and O–H groups in total. The molecule has 6 heteroatoms. The zero-order valence-electron chi connectivity index (χ0n) is 11.3. The van der Waals surface area contributed by atoms with Crippen molar-refractivity contribution in [1.29, 1.82) is 0 Å². The van der Waals surface area contributed by atoms with Crippen molar-refractivity contribution in [3.05, 3.63) is 53.5 Å². The summed E-state index contributed by atoms with van der Waals surface area (Å²) in [5.74, 6) is 1.80. The lowest BCUT2D eigenvalue weighted by Crippen LogP contribution is -2.44. The molecular weight excluding hydrogens is 284 g/mol. The molecule has 0 saturated carbocycles. The highest BCUT2D eigenvalue weighted by atomic mass is 32.1. The molecule has 1 aliphatic rings. The van der Waals surface area contributed by atoms with E-state index < -0.39 is 0 Å². The predicted molar refractivity (Wildman–Crippen MR) is 79.9 cm³/mol. The van der Waals surface area contributed by atoms with Gasteiger partial charge in [0.2, 0.25) is 11.7 Å². The Morgan fingerprint density at radius 2 is 2.24 bits per heavy atom. The normalized spacial score (nSPS) is 16.0. The minimum atomic E-state index is 0.350. The van der Waals surface area contributed by atoms with E-state index in [1.165, 1.54) is 5.56 Å². The highest BCUT2D eigenvalue weighted by Crippen LogP contribution is 2.29. The summed E-state index contributed by atoms with van der Waals surface area (Å²) in [4.78, 5) is 12.1. The first-order chi connectivity index (χ1) is 10.4. The van der Waals surface area contributed by atoms with Crippen LogP contribution < -0.4 is 0 Å². The van der Waals surface area contributed by atoms with Crippen molar-refractivity contribution in [2.45, 2.75) is 12.5 Å². The Balaban J connectivity index is 1.38. The first-order valence-electron chi connectivity index (χ1n) is 6.87. The number of hydrogen-bond donors (Lipinski definition) is 0. The first-order valence-corrected chi connectivity index (χ1v) is 7.75. The Morgan fingerprint density at radius 1 is 1.29 bits per heavy atom. The summed E-state index contributed by atoms with van der Waals surface area (Å²) in [5.41, 5.74) is 1.24. The van der Waals surface area contributed by atoms with Crippen LogP contribution >= 0.6 is 11.3 Å². The molecule has 5 nitrogen and oxygen atoms in total. The number of nitrogens with zero attached hydrogens (tertiary/aromatic N) is 4. The number of likely N-dealkylation sites (tertiary alicyclic amines) is 1. The molecule has 1 aliphatic heterocycles. The van der Waals surface area contributed by atoms with Crippen molar-refractivity contribution < 1.29 is 4.52 Å². The van der Waals surface area contributed by atoms with Gasteiger partial charge in [0.15, 0.2) is 0 Å². The Hall–Kier alpha value is -2.05. The van der Waals surface area contributed by atoms with E-state index in [2.05, 4.69) is 26.1 Å². The Labute approximate surface area is 126 Å². The second kappa shape index (κ2) is 5.38. The minimum Gasteiger partial charge on any atom is -0.339 e. The number of aromatic nitrogens is 3. The molecule has 0 spiro atoms. The molecule has 0 aliphatic carbocycles. The van der Waals surface area contributed by atoms with Gasteiger partial charge in [-0.1, -0.05) is 17.3 Å². The standard InChI is InChI=1S/C15H14N4OS/c1-3-11(7-16-5-1)8-19-9-12(10-19)15-17-14(18-20-15)13-4-2-6-21-13/h1-7,12H,8-10H2. The SMILES string of the molecule is c1cncc(CN2CC(c3nc(-c4cccs4)no3)C2)c1. The average Bonchev–Trinajstić information content (AvgIpc) is 3.14. The molecule has 3 aromatic rings. The number of pyridine rings is 1. The zero-order chi connectivity index (χ0) is 14.1. The van der Waals surface area contributed by atoms with Gasteiger partial charge < -0.3 is 4.52 Å². The summed E-state index contributed by atoms with van der Waals surface area (Å²) in [5, 5.41) is 6.08. The molecule has 106 valence electrons. The summed E-state index contributed by atoms with van der Waals surface area (Å²) in [6.07, 6.45) is 3.71. The van der Waals surface area contributed by atoms with E-state index in [1.807, 2.05) is 29.8 Å². The predicted octanol–water partition coefficient (Wildman–Crippen LogP) is 2.79. The smallest absolute Gasteiger partial charge is 0.232 e. The summed E-state index contributed by atoms with van der Waals surface area (Å²) >= 11 is 1.63. The van der Waals surface area contributed by atoms with Gasteiger partial charge in [-0.3, -0.25) is 9.88 Å². The summed E-state index contributed by atoms with van der Waals surface area (Å²) < 4.78 is 5.40. The van der Waals surface area contributed by atoms with Crippen LogP contribution in [-0.2, 0) is 6.54 Å². The van der Waals surface area contributed by atoms with Crippen molar-refractivity contribution in [3.8, 4) is 10.7 Å². The van der Waals surface area contributed by atoms with Gasteiger partial charge in [0.25, 0.3) is 0 Å². The average molecular weight is 298 g/mol. The molecule has 3 aromatic heterocycles. The van der Waals surface area contributed by atoms with Crippen LogP contribution in [-0.4, -0.2) is 33.1 Å². The molecule has 0 bridgehead atoms. The van der Waals surface area contributed by atoms with Crippen LogP contribution in [0.25, 0.3) is 10.7 Å². The van der Waals surface area contributed by atoms with Crippen molar-refractivity contribution >= 4 is 11.3 Å². The van der Waals surface area contributed by atoms with Gasteiger partial charge in [-0.2, -0.15) is 4.98 Å². The molecule has 0 unspecified atom stereocenters. The molecule has 1 fully saturated rings. The van der Waals surface area contributed by atoms with Gasteiger partial charge in [0, 0.05) is 32.0 Å². The van der Waals surface area contributed by atoms with Crippen LogP contribution in [0.3, 0.4) is 0 Å². The maximum Gasteiger partial charge on any atom is 0.232 e. The van der Waals surface area contributed by atoms with Crippen molar-refractivity contribution in [2.75, 3.05) is 13.1 Å². The van der Waals surface area contributed by atoms with Crippen LogP contribution in [0, 0.1) is 0 Å². The molecule has 0 radical (unpaired) electrons. The molecule has 21 heavy (non-hydrogen) atoms. The quantitative estimate of drug-likeness (QED) is 0.741. The Morgan fingerprint density at radius 3 is 3.00 bits per heavy atom. The second-order valence-electron chi connectivity index (χ2n) is 5.19. The van der Waals surface area contributed by atoms with Crippen LogP contribution in [0.4, 0.5) is 0 Å². The summed E-state index contributed by atoms with van der Waals surface area (Å²) in [6, 6.07) is 8.07. The van der Waals surface area contributed by atoms with Gasteiger partial charge in [0.1, 0.15) is 0 Å². The van der Waals surface area contributed by atoms with E-state index in [4.69, 9.17) is 4.52 Å². The molecule has 4 heterocycles. The zero-order valence-corrected chi connectivity index (χ0v) is 12.2. The maximum absolute atomic E-state index is 5.40. The highest BCUT2D eigenvalue weighted by molar-refractivity contribution is 7.13. The van der Waals surface area contributed by atoms with Gasteiger partial charge >= 0.3 is 0 Å². The fourth-order valence-corrected chi connectivity index (χ4v) is 3.16. The molecule has 4 rings (SSSR count). The highest BCUT2D eigenvalue weighted by Gasteiger charge is 2.32. The minimum absolute atomic E-state index is 0.350. The molecule has 1 saturated heterocycles. The number of thiophene rings is 1. The second-order valence-corrected chi connectivity index (χ2v) is 6.13.